The summed E-state index contributed by atoms with van der Waals surface area (Å²) >= 11 is 7.80. The smallest absolute Gasteiger partial charge is 0.259 e. The number of benzene rings is 2. The molecular formula is C23H23ClN6OS. The fourth-order valence-corrected chi connectivity index (χ4v) is 4.87. The summed E-state index contributed by atoms with van der Waals surface area (Å²) < 4.78 is 7.57. The van der Waals surface area contributed by atoms with Gasteiger partial charge >= 0.3 is 0 Å². The van der Waals surface area contributed by atoms with E-state index in [0.717, 1.165) is 41.9 Å². The number of hydrogen-bond donors (Lipinski definition) is 0. The van der Waals surface area contributed by atoms with Crippen LogP contribution in [0.15, 0.2) is 64.3 Å². The third kappa shape index (κ3) is 4.72. The van der Waals surface area contributed by atoms with Crippen molar-refractivity contribution in [1.29, 1.82) is 0 Å². The molecule has 2 aromatic carbocycles. The molecule has 4 aromatic rings. The van der Waals surface area contributed by atoms with E-state index < -0.39 is 0 Å². The standard InChI is InChI=1S/C23H23ClN6OS/c24-19-12-6-5-11-18(19)22-25-20(28-31-22)16-32-23-27-26-21(15-29-13-7-2-8-14-29)30(23)17-9-3-1-4-10-17/h1,3-6,9-12H,2,7-8,13-16H2. The van der Waals surface area contributed by atoms with E-state index in [4.69, 9.17) is 16.1 Å². The molecular weight excluding hydrogens is 444 g/mol. The van der Waals surface area contributed by atoms with Crippen LogP contribution >= 0.6 is 23.4 Å². The van der Waals surface area contributed by atoms with Crippen LogP contribution < -0.4 is 0 Å². The van der Waals surface area contributed by atoms with Crippen molar-refractivity contribution in [3.63, 3.8) is 0 Å². The van der Waals surface area contributed by atoms with Gasteiger partial charge in [-0.05, 0) is 50.2 Å². The highest BCUT2D eigenvalue weighted by molar-refractivity contribution is 7.98. The first-order chi connectivity index (χ1) is 15.8. The zero-order valence-electron chi connectivity index (χ0n) is 17.5. The minimum absolute atomic E-state index is 0.418. The van der Waals surface area contributed by atoms with Gasteiger partial charge in [0.05, 0.1) is 22.9 Å². The van der Waals surface area contributed by atoms with Crippen LogP contribution in [-0.2, 0) is 12.3 Å². The molecule has 0 atom stereocenters. The summed E-state index contributed by atoms with van der Waals surface area (Å²) in [4.78, 5) is 6.97. The number of halogens is 1. The average molecular weight is 467 g/mol. The largest absolute Gasteiger partial charge is 0.334 e. The summed E-state index contributed by atoms with van der Waals surface area (Å²) in [5.41, 5.74) is 1.78. The highest BCUT2D eigenvalue weighted by atomic mass is 35.5. The van der Waals surface area contributed by atoms with Crippen molar-refractivity contribution in [3.8, 4) is 17.1 Å². The van der Waals surface area contributed by atoms with Crippen molar-refractivity contribution < 1.29 is 4.52 Å². The zero-order chi connectivity index (χ0) is 21.8. The predicted molar refractivity (Wildman–Crippen MR) is 125 cm³/mol. The van der Waals surface area contributed by atoms with E-state index in [1.165, 1.54) is 19.3 Å². The number of aromatic nitrogens is 5. The van der Waals surface area contributed by atoms with Crippen LogP contribution in [0.1, 0.15) is 30.9 Å². The molecule has 1 fully saturated rings. The van der Waals surface area contributed by atoms with Gasteiger partial charge < -0.3 is 4.52 Å². The molecule has 1 saturated heterocycles. The first-order valence-electron chi connectivity index (χ1n) is 10.7. The molecule has 0 amide bonds. The lowest BCUT2D eigenvalue weighted by Gasteiger charge is -2.26. The van der Waals surface area contributed by atoms with Crippen LogP contribution in [0, 0.1) is 0 Å². The van der Waals surface area contributed by atoms with Crippen LogP contribution in [0.25, 0.3) is 17.1 Å². The molecule has 0 unspecified atom stereocenters. The van der Waals surface area contributed by atoms with Gasteiger partial charge in [-0.1, -0.05) is 65.3 Å². The summed E-state index contributed by atoms with van der Waals surface area (Å²) in [6, 6.07) is 17.7. The maximum absolute atomic E-state index is 6.25. The van der Waals surface area contributed by atoms with Gasteiger partial charge in [0.25, 0.3) is 5.89 Å². The topological polar surface area (TPSA) is 72.9 Å². The molecule has 3 heterocycles. The monoisotopic (exact) mass is 466 g/mol. The van der Waals surface area contributed by atoms with Gasteiger partial charge in [-0.25, -0.2) is 0 Å². The normalized spacial score (nSPS) is 14.7. The maximum atomic E-state index is 6.25. The van der Waals surface area contributed by atoms with Crippen LogP contribution in [0.2, 0.25) is 5.02 Å². The number of rotatable bonds is 7. The van der Waals surface area contributed by atoms with E-state index in [1.807, 2.05) is 42.5 Å². The molecule has 164 valence electrons. The van der Waals surface area contributed by atoms with E-state index in [2.05, 4.69) is 41.9 Å². The van der Waals surface area contributed by atoms with Gasteiger partial charge in [-0.3, -0.25) is 9.47 Å². The number of nitrogens with zero attached hydrogens (tertiary/aromatic N) is 6. The maximum Gasteiger partial charge on any atom is 0.259 e. The first kappa shape index (κ1) is 21.2. The van der Waals surface area contributed by atoms with Crippen LogP contribution in [0.3, 0.4) is 0 Å². The second-order valence-electron chi connectivity index (χ2n) is 7.69. The minimum atomic E-state index is 0.418. The van der Waals surface area contributed by atoms with Gasteiger partial charge in [0.1, 0.15) is 0 Å². The van der Waals surface area contributed by atoms with Crippen LogP contribution in [0.4, 0.5) is 0 Å². The van der Waals surface area contributed by atoms with Gasteiger partial charge in [-0.2, -0.15) is 4.98 Å². The number of para-hydroxylation sites is 1. The molecule has 0 saturated carbocycles. The molecule has 1 aliphatic rings. The Kier molecular flexibility index (Phi) is 6.52. The average Bonchev–Trinajstić information content (AvgIpc) is 3.46. The Morgan fingerprint density at radius 2 is 1.72 bits per heavy atom. The molecule has 9 heteroatoms. The molecule has 0 N–H and O–H groups in total. The van der Waals surface area contributed by atoms with Crippen LogP contribution in [-0.4, -0.2) is 42.9 Å². The summed E-state index contributed by atoms with van der Waals surface area (Å²) in [6.45, 7) is 3.01. The molecule has 0 radical (unpaired) electrons. The highest BCUT2D eigenvalue weighted by Crippen LogP contribution is 2.29. The summed E-state index contributed by atoms with van der Waals surface area (Å²) in [5, 5.41) is 14.5. The van der Waals surface area contributed by atoms with E-state index in [1.54, 1.807) is 11.8 Å². The van der Waals surface area contributed by atoms with E-state index in [9.17, 15) is 0 Å². The Labute approximate surface area is 195 Å². The number of thioether (sulfide) groups is 1. The number of hydrogen-bond acceptors (Lipinski definition) is 7. The third-order valence-corrected chi connectivity index (χ3v) is 6.69. The van der Waals surface area contributed by atoms with Crippen molar-refractivity contribution in [3.05, 3.63) is 71.3 Å². The SMILES string of the molecule is Clc1ccccc1-c1nc(CSc2nnc(CN3CCCCC3)n2-c2ccccc2)no1. The molecule has 5 rings (SSSR count). The second-order valence-corrected chi connectivity index (χ2v) is 9.04. The van der Waals surface area contributed by atoms with Crippen molar-refractivity contribution >= 4 is 23.4 Å². The van der Waals surface area contributed by atoms with E-state index in [0.29, 0.717) is 22.5 Å². The van der Waals surface area contributed by atoms with Gasteiger partial charge in [0.15, 0.2) is 16.8 Å². The Bertz CT molecular complexity index is 1170. The molecule has 1 aliphatic heterocycles. The highest BCUT2D eigenvalue weighted by Gasteiger charge is 2.20. The molecule has 0 spiro atoms. The van der Waals surface area contributed by atoms with Gasteiger partial charge in [0.2, 0.25) is 0 Å². The third-order valence-electron chi connectivity index (χ3n) is 5.43. The number of likely N-dealkylation sites (tertiary alicyclic amines) is 1. The molecule has 0 bridgehead atoms. The van der Waals surface area contributed by atoms with Crippen molar-refractivity contribution in [1.82, 2.24) is 29.8 Å². The van der Waals surface area contributed by atoms with E-state index >= 15 is 0 Å². The molecule has 2 aromatic heterocycles. The lowest BCUT2D eigenvalue weighted by Crippen LogP contribution is -2.30. The second kappa shape index (κ2) is 9.85. The van der Waals surface area contributed by atoms with Crippen molar-refractivity contribution in [2.24, 2.45) is 0 Å². The molecule has 32 heavy (non-hydrogen) atoms. The van der Waals surface area contributed by atoms with Crippen molar-refractivity contribution in [2.75, 3.05) is 13.1 Å². The summed E-state index contributed by atoms with van der Waals surface area (Å²) in [6.07, 6.45) is 3.79. The summed E-state index contributed by atoms with van der Waals surface area (Å²) in [7, 11) is 0. The quantitative estimate of drug-likeness (QED) is 0.344. The van der Waals surface area contributed by atoms with Crippen molar-refractivity contribution in [2.45, 2.75) is 36.7 Å². The zero-order valence-corrected chi connectivity index (χ0v) is 19.1. The van der Waals surface area contributed by atoms with E-state index in [-0.39, 0.29) is 0 Å². The lowest BCUT2D eigenvalue weighted by atomic mass is 10.1. The first-order valence-corrected chi connectivity index (χ1v) is 12.1. The van der Waals surface area contributed by atoms with Crippen LogP contribution in [0.5, 0.6) is 0 Å². The van der Waals surface area contributed by atoms with Gasteiger partial charge in [-0.15, -0.1) is 10.2 Å². The predicted octanol–water partition coefficient (Wildman–Crippen LogP) is 5.25. The fraction of sp³-hybridized carbons (Fsp3) is 0.304. The lowest BCUT2D eigenvalue weighted by molar-refractivity contribution is 0.214. The Morgan fingerprint density at radius 1 is 0.938 bits per heavy atom. The summed E-state index contributed by atoms with van der Waals surface area (Å²) in [5.74, 6) is 2.47. The molecule has 7 nitrogen and oxygen atoms in total. The number of piperidine rings is 1. The fourth-order valence-electron chi connectivity index (χ4n) is 3.84. The Hall–Kier alpha value is -2.68. The Morgan fingerprint density at radius 3 is 2.53 bits per heavy atom. The van der Waals surface area contributed by atoms with Gasteiger partial charge in [0, 0.05) is 5.69 Å². The minimum Gasteiger partial charge on any atom is -0.334 e. The Balaban J connectivity index is 1.36. The molecule has 0 aliphatic carbocycles.